The van der Waals surface area contributed by atoms with Crippen LogP contribution in [0.5, 0.6) is 0 Å². The fourth-order valence-corrected chi connectivity index (χ4v) is 1.63. The predicted octanol–water partition coefficient (Wildman–Crippen LogP) is 2.88. The lowest BCUT2D eigenvalue weighted by Gasteiger charge is -2.03. The molecule has 2 N–H and O–H groups in total. The summed E-state index contributed by atoms with van der Waals surface area (Å²) in [5.41, 5.74) is 1.33. The maximum atomic E-state index is 9.02. The van der Waals surface area contributed by atoms with Crippen LogP contribution in [0.25, 0.3) is 0 Å². The number of rotatable bonds is 8. The van der Waals surface area contributed by atoms with Gasteiger partial charge in [0, 0.05) is 6.54 Å². The van der Waals surface area contributed by atoms with Gasteiger partial charge in [0.05, 0.1) is 6.10 Å². The third-order valence-electron chi connectivity index (χ3n) is 2.56. The smallest absolute Gasteiger partial charge is 0.0692 e. The molecule has 2 nitrogen and oxygen atoms in total. The molecule has 1 aromatic carbocycles. The SMILES string of the molecule is C[C@@H](O)C=CCCCCNCc1ccccc1. The summed E-state index contributed by atoms with van der Waals surface area (Å²) in [4.78, 5) is 0. The van der Waals surface area contributed by atoms with Gasteiger partial charge in [0.15, 0.2) is 0 Å². The molecule has 0 heterocycles. The van der Waals surface area contributed by atoms with Crippen LogP contribution < -0.4 is 5.32 Å². The van der Waals surface area contributed by atoms with E-state index in [0.717, 1.165) is 19.5 Å². The Morgan fingerprint density at radius 3 is 2.71 bits per heavy atom. The first kappa shape index (κ1) is 13.9. The number of unbranched alkanes of at least 4 members (excludes halogenated alkanes) is 2. The minimum Gasteiger partial charge on any atom is -0.389 e. The molecular weight excluding hydrogens is 210 g/mol. The topological polar surface area (TPSA) is 32.3 Å². The van der Waals surface area contributed by atoms with E-state index in [0.29, 0.717) is 0 Å². The van der Waals surface area contributed by atoms with E-state index < -0.39 is 0 Å². The van der Waals surface area contributed by atoms with Crippen molar-refractivity contribution < 1.29 is 5.11 Å². The minimum absolute atomic E-state index is 0.314. The van der Waals surface area contributed by atoms with Gasteiger partial charge < -0.3 is 10.4 Å². The zero-order valence-electron chi connectivity index (χ0n) is 10.6. The Hall–Kier alpha value is -1.12. The molecule has 0 aliphatic heterocycles. The number of hydrogen-bond donors (Lipinski definition) is 2. The van der Waals surface area contributed by atoms with E-state index in [2.05, 4.69) is 35.7 Å². The maximum Gasteiger partial charge on any atom is 0.0692 e. The van der Waals surface area contributed by atoms with Crippen molar-refractivity contribution in [1.82, 2.24) is 5.32 Å². The van der Waals surface area contributed by atoms with E-state index >= 15 is 0 Å². The fraction of sp³-hybridized carbons (Fsp3) is 0.467. The van der Waals surface area contributed by atoms with Crippen LogP contribution in [-0.2, 0) is 6.54 Å². The number of benzene rings is 1. The molecule has 2 heteroatoms. The lowest BCUT2D eigenvalue weighted by atomic mass is 10.2. The van der Waals surface area contributed by atoms with Crippen molar-refractivity contribution in [3.63, 3.8) is 0 Å². The van der Waals surface area contributed by atoms with Crippen LogP contribution in [0, 0.1) is 0 Å². The minimum atomic E-state index is -0.314. The van der Waals surface area contributed by atoms with Gasteiger partial charge in [0.2, 0.25) is 0 Å². The highest BCUT2D eigenvalue weighted by molar-refractivity contribution is 5.14. The summed E-state index contributed by atoms with van der Waals surface area (Å²) in [5, 5.41) is 12.4. The molecular formula is C15H23NO. The van der Waals surface area contributed by atoms with Crippen LogP contribution in [-0.4, -0.2) is 17.8 Å². The average molecular weight is 233 g/mol. The third kappa shape index (κ3) is 7.72. The zero-order chi connectivity index (χ0) is 12.3. The highest BCUT2D eigenvalue weighted by Gasteiger charge is 1.91. The summed E-state index contributed by atoms with van der Waals surface area (Å²) >= 11 is 0. The van der Waals surface area contributed by atoms with E-state index in [1.807, 2.05) is 12.1 Å². The van der Waals surface area contributed by atoms with Gasteiger partial charge in [-0.05, 0) is 38.3 Å². The number of nitrogens with one attached hydrogen (secondary N) is 1. The standard InChI is InChI=1S/C15H23NO/c1-14(17)9-5-2-3-8-12-16-13-15-10-6-4-7-11-15/h4-7,9-11,14,16-17H,2-3,8,12-13H2,1H3/t14-/m1/s1. The molecule has 1 rings (SSSR count). The summed E-state index contributed by atoms with van der Waals surface area (Å²) in [7, 11) is 0. The second-order valence-electron chi connectivity index (χ2n) is 4.33. The molecule has 0 aromatic heterocycles. The number of aliphatic hydroxyl groups is 1. The molecule has 94 valence electrons. The molecule has 0 aliphatic carbocycles. The van der Waals surface area contributed by atoms with Crippen molar-refractivity contribution in [3.8, 4) is 0 Å². The van der Waals surface area contributed by atoms with E-state index in [1.54, 1.807) is 6.92 Å². The third-order valence-corrected chi connectivity index (χ3v) is 2.56. The molecule has 0 unspecified atom stereocenters. The summed E-state index contributed by atoms with van der Waals surface area (Å²) in [6.07, 6.45) is 6.99. The Kier molecular flexibility index (Phi) is 7.35. The largest absolute Gasteiger partial charge is 0.389 e. The number of hydrogen-bond acceptors (Lipinski definition) is 2. The van der Waals surface area contributed by atoms with Crippen molar-refractivity contribution in [3.05, 3.63) is 48.0 Å². The summed E-state index contributed by atoms with van der Waals surface area (Å²) < 4.78 is 0. The van der Waals surface area contributed by atoms with E-state index in [-0.39, 0.29) is 6.10 Å². The molecule has 0 spiro atoms. The van der Waals surface area contributed by atoms with Crippen molar-refractivity contribution in [2.45, 2.75) is 38.8 Å². The molecule has 17 heavy (non-hydrogen) atoms. The monoisotopic (exact) mass is 233 g/mol. The molecule has 1 aromatic rings. The summed E-state index contributed by atoms with van der Waals surface area (Å²) in [5.74, 6) is 0. The van der Waals surface area contributed by atoms with Gasteiger partial charge in [-0.1, -0.05) is 42.5 Å². The predicted molar refractivity (Wildman–Crippen MR) is 72.8 cm³/mol. The molecule has 0 fully saturated rings. The normalized spacial score (nSPS) is 13.1. The van der Waals surface area contributed by atoms with E-state index in [1.165, 1.54) is 18.4 Å². The second-order valence-corrected chi connectivity index (χ2v) is 4.33. The van der Waals surface area contributed by atoms with Gasteiger partial charge >= 0.3 is 0 Å². The average Bonchev–Trinajstić information content (AvgIpc) is 2.33. The second kappa shape index (κ2) is 8.97. The summed E-state index contributed by atoms with van der Waals surface area (Å²) in [6, 6.07) is 10.4. The van der Waals surface area contributed by atoms with Gasteiger partial charge in [-0.3, -0.25) is 0 Å². The first-order chi connectivity index (χ1) is 8.29. The Labute approximate surface area is 104 Å². The first-order valence-corrected chi connectivity index (χ1v) is 6.38. The van der Waals surface area contributed by atoms with Gasteiger partial charge in [0.1, 0.15) is 0 Å². The molecule has 0 saturated heterocycles. The molecule has 0 aliphatic rings. The van der Waals surface area contributed by atoms with E-state index in [4.69, 9.17) is 5.11 Å². The fourth-order valence-electron chi connectivity index (χ4n) is 1.63. The molecule has 0 bridgehead atoms. The summed E-state index contributed by atoms with van der Waals surface area (Å²) in [6.45, 7) is 3.78. The van der Waals surface area contributed by atoms with Crippen LogP contribution in [0.2, 0.25) is 0 Å². The van der Waals surface area contributed by atoms with Crippen molar-refractivity contribution in [1.29, 1.82) is 0 Å². The Morgan fingerprint density at radius 2 is 2.00 bits per heavy atom. The van der Waals surface area contributed by atoms with Gasteiger partial charge in [-0.2, -0.15) is 0 Å². The van der Waals surface area contributed by atoms with Crippen molar-refractivity contribution in [2.24, 2.45) is 0 Å². The number of allylic oxidation sites excluding steroid dienone is 1. The highest BCUT2D eigenvalue weighted by atomic mass is 16.3. The van der Waals surface area contributed by atoms with Gasteiger partial charge in [0.25, 0.3) is 0 Å². The van der Waals surface area contributed by atoms with Crippen LogP contribution in [0.4, 0.5) is 0 Å². The van der Waals surface area contributed by atoms with Crippen molar-refractivity contribution >= 4 is 0 Å². The number of aliphatic hydroxyl groups excluding tert-OH is 1. The lowest BCUT2D eigenvalue weighted by molar-refractivity contribution is 0.244. The van der Waals surface area contributed by atoms with E-state index in [9.17, 15) is 0 Å². The Morgan fingerprint density at radius 1 is 1.24 bits per heavy atom. The van der Waals surface area contributed by atoms with Crippen LogP contribution >= 0.6 is 0 Å². The maximum absolute atomic E-state index is 9.02. The lowest BCUT2D eigenvalue weighted by Crippen LogP contribution is -2.14. The van der Waals surface area contributed by atoms with Crippen LogP contribution in [0.15, 0.2) is 42.5 Å². The van der Waals surface area contributed by atoms with Crippen LogP contribution in [0.3, 0.4) is 0 Å². The molecule has 0 radical (unpaired) electrons. The molecule has 0 saturated carbocycles. The highest BCUT2D eigenvalue weighted by Crippen LogP contribution is 1.99. The Balaban J connectivity index is 1.95. The quantitative estimate of drug-likeness (QED) is 0.534. The van der Waals surface area contributed by atoms with Crippen LogP contribution in [0.1, 0.15) is 31.7 Å². The van der Waals surface area contributed by atoms with Gasteiger partial charge in [-0.25, -0.2) is 0 Å². The zero-order valence-corrected chi connectivity index (χ0v) is 10.6. The Bertz CT molecular complexity index is 306. The van der Waals surface area contributed by atoms with Crippen molar-refractivity contribution in [2.75, 3.05) is 6.54 Å². The first-order valence-electron chi connectivity index (χ1n) is 6.38. The molecule has 0 amide bonds. The molecule has 1 atom stereocenters. The van der Waals surface area contributed by atoms with Gasteiger partial charge in [-0.15, -0.1) is 0 Å².